The molecule has 0 amide bonds. The SMILES string of the molecule is CCCN(C1CNC1)C(c1ccccc1)C(C)C. The van der Waals surface area contributed by atoms with Gasteiger partial charge in [0, 0.05) is 25.2 Å². The molecule has 2 nitrogen and oxygen atoms in total. The third-order valence-corrected chi connectivity index (χ3v) is 3.84. The number of nitrogens with one attached hydrogen (secondary N) is 1. The molecule has 0 spiro atoms. The van der Waals surface area contributed by atoms with E-state index in [0.29, 0.717) is 12.0 Å². The van der Waals surface area contributed by atoms with Gasteiger partial charge in [0.05, 0.1) is 0 Å². The summed E-state index contributed by atoms with van der Waals surface area (Å²) in [6.45, 7) is 10.5. The van der Waals surface area contributed by atoms with Crippen LogP contribution in [-0.2, 0) is 0 Å². The Hall–Kier alpha value is -0.860. The summed E-state index contributed by atoms with van der Waals surface area (Å²) < 4.78 is 0. The predicted molar refractivity (Wildman–Crippen MR) is 77.7 cm³/mol. The van der Waals surface area contributed by atoms with Gasteiger partial charge in [-0.2, -0.15) is 0 Å². The third-order valence-electron chi connectivity index (χ3n) is 3.84. The molecule has 1 N–H and O–H groups in total. The van der Waals surface area contributed by atoms with Crippen molar-refractivity contribution in [3.63, 3.8) is 0 Å². The van der Waals surface area contributed by atoms with Gasteiger partial charge in [-0.05, 0) is 24.4 Å². The maximum absolute atomic E-state index is 3.40. The molecular weight excluding hydrogens is 220 g/mol. The molecule has 1 atom stereocenters. The summed E-state index contributed by atoms with van der Waals surface area (Å²) in [5.41, 5.74) is 1.47. The Kier molecular flexibility index (Phi) is 4.79. The number of hydrogen-bond acceptors (Lipinski definition) is 2. The van der Waals surface area contributed by atoms with Crippen LogP contribution in [0.1, 0.15) is 38.8 Å². The van der Waals surface area contributed by atoms with Crippen molar-refractivity contribution in [3.05, 3.63) is 35.9 Å². The van der Waals surface area contributed by atoms with Crippen molar-refractivity contribution in [2.75, 3.05) is 19.6 Å². The normalized spacial score (nSPS) is 18.1. The Labute approximate surface area is 111 Å². The summed E-state index contributed by atoms with van der Waals surface area (Å²) in [5, 5.41) is 3.40. The van der Waals surface area contributed by atoms with Crippen LogP contribution in [0.2, 0.25) is 0 Å². The van der Waals surface area contributed by atoms with Crippen molar-refractivity contribution in [1.29, 1.82) is 0 Å². The lowest BCUT2D eigenvalue weighted by molar-refractivity contribution is 0.0694. The minimum Gasteiger partial charge on any atom is -0.314 e. The van der Waals surface area contributed by atoms with Crippen molar-refractivity contribution in [3.8, 4) is 0 Å². The molecule has 2 rings (SSSR count). The molecule has 0 saturated carbocycles. The fraction of sp³-hybridized carbons (Fsp3) is 0.625. The van der Waals surface area contributed by atoms with E-state index in [9.17, 15) is 0 Å². The molecule has 1 unspecified atom stereocenters. The predicted octanol–water partition coefficient (Wildman–Crippen LogP) is 3.07. The van der Waals surface area contributed by atoms with Crippen LogP contribution in [0.3, 0.4) is 0 Å². The Bertz CT molecular complexity index is 343. The summed E-state index contributed by atoms with van der Waals surface area (Å²) in [6, 6.07) is 12.3. The van der Waals surface area contributed by atoms with E-state index in [4.69, 9.17) is 0 Å². The van der Waals surface area contributed by atoms with Crippen molar-refractivity contribution in [2.45, 2.75) is 39.3 Å². The summed E-state index contributed by atoms with van der Waals surface area (Å²) in [4.78, 5) is 2.70. The highest BCUT2D eigenvalue weighted by atomic mass is 15.3. The monoisotopic (exact) mass is 246 g/mol. The first kappa shape index (κ1) is 13.6. The fourth-order valence-corrected chi connectivity index (χ4v) is 2.92. The first-order valence-corrected chi connectivity index (χ1v) is 7.25. The van der Waals surface area contributed by atoms with Crippen LogP contribution < -0.4 is 5.32 Å². The molecule has 1 saturated heterocycles. The lowest BCUT2D eigenvalue weighted by Gasteiger charge is -2.44. The zero-order valence-electron chi connectivity index (χ0n) is 11.9. The zero-order chi connectivity index (χ0) is 13.0. The number of rotatable bonds is 6. The van der Waals surface area contributed by atoms with E-state index in [1.807, 2.05) is 0 Å². The standard InChI is InChI=1S/C16H26N2/c1-4-10-18(15-11-17-12-15)16(13(2)3)14-8-6-5-7-9-14/h5-9,13,15-17H,4,10-12H2,1-3H3. The van der Waals surface area contributed by atoms with Gasteiger partial charge in [0.1, 0.15) is 0 Å². The van der Waals surface area contributed by atoms with Crippen molar-refractivity contribution in [1.82, 2.24) is 10.2 Å². The minimum absolute atomic E-state index is 0.554. The highest BCUT2D eigenvalue weighted by molar-refractivity contribution is 5.20. The Morgan fingerprint density at radius 2 is 1.89 bits per heavy atom. The third kappa shape index (κ3) is 2.93. The maximum Gasteiger partial charge on any atom is 0.0375 e. The van der Waals surface area contributed by atoms with E-state index in [2.05, 4.69) is 61.3 Å². The molecule has 0 aromatic heterocycles. The van der Waals surface area contributed by atoms with E-state index < -0.39 is 0 Å². The van der Waals surface area contributed by atoms with Crippen molar-refractivity contribution in [2.24, 2.45) is 5.92 Å². The van der Waals surface area contributed by atoms with E-state index in [-0.39, 0.29) is 0 Å². The molecule has 18 heavy (non-hydrogen) atoms. The van der Waals surface area contributed by atoms with Crippen LogP contribution in [0, 0.1) is 5.92 Å². The minimum atomic E-state index is 0.554. The molecule has 1 fully saturated rings. The number of nitrogens with zero attached hydrogens (tertiary/aromatic N) is 1. The molecule has 1 aliphatic heterocycles. The topological polar surface area (TPSA) is 15.3 Å². The second-order valence-corrected chi connectivity index (χ2v) is 5.65. The van der Waals surface area contributed by atoms with Gasteiger partial charge in [-0.25, -0.2) is 0 Å². The summed E-state index contributed by atoms with van der Waals surface area (Å²) in [5.74, 6) is 0.652. The molecule has 0 bridgehead atoms. The van der Waals surface area contributed by atoms with Crippen LogP contribution in [0.5, 0.6) is 0 Å². The molecule has 1 aliphatic rings. The molecule has 1 aromatic carbocycles. The van der Waals surface area contributed by atoms with Gasteiger partial charge in [0.25, 0.3) is 0 Å². The van der Waals surface area contributed by atoms with Crippen LogP contribution in [0.15, 0.2) is 30.3 Å². The molecule has 0 aliphatic carbocycles. The van der Waals surface area contributed by atoms with Crippen LogP contribution >= 0.6 is 0 Å². The summed E-state index contributed by atoms with van der Waals surface area (Å²) in [6.07, 6.45) is 1.23. The lowest BCUT2D eigenvalue weighted by Crippen LogP contribution is -2.58. The fourth-order valence-electron chi connectivity index (χ4n) is 2.92. The molecule has 0 radical (unpaired) electrons. The number of hydrogen-bond donors (Lipinski definition) is 1. The highest BCUT2D eigenvalue weighted by Gasteiger charge is 2.32. The zero-order valence-corrected chi connectivity index (χ0v) is 11.9. The molecule has 1 heterocycles. The second-order valence-electron chi connectivity index (χ2n) is 5.65. The van der Waals surface area contributed by atoms with E-state index in [1.54, 1.807) is 0 Å². The average molecular weight is 246 g/mol. The second kappa shape index (κ2) is 6.35. The van der Waals surface area contributed by atoms with E-state index in [1.165, 1.54) is 18.5 Å². The van der Waals surface area contributed by atoms with Crippen LogP contribution in [-0.4, -0.2) is 30.6 Å². The summed E-state index contributed by atoms with van der Waals surface area (Å²) >= 11 is 0. The molecule has 2 heteroatoms. The first-order valence-electron chi connectivity index (χ1n) is 7.25. The molecule has 100 valence electrons. The first-order chi connectivity index (χ1) is 8.74. The molecular formula is C16H26N2. The van der Waals surface area contributed by atoms with Gasteiger partial charge in [-0.1, -0.05) is 51.1 Å². The molecule has 1 aromatic rings. The van der Waals surface area contributed by atoms with E-state index in [0.717, 1.165) is 19.1 Å². The van der Waals surface area contributed by atoms with Crippen LogP contribution in [0.4, 0.5) is 0 Å². The van der Waals surface area contributed by atoms with Crippen molar-refractivity contribution >= 4 is 0 Å². The van der Waals surface area contributed by atoms with Crippen molar-refractivity contribution < 1.29 is 0 Å². The van der Waals surface area contributed by atoms with Gasteiger partial charge < -0.3 is 5.32 Å². The smallest absolute Gasteiger partial charge is 0.0375 e. The van der Waals surface area contributed by atoms with Gasteiger partial charge in [-0.15, -0.1) is 0 Å². The van der Waals surface area contributed by atoms with Gasteiger partial charge in [0.2, 0.25) is 0 Å². The maximum atomic E-state index is 3.40. The highest BCUT2D eigenvalue weighted by Crippen LogP contribution is 2.31. The Morgan fingerprint density at radius 3 is 2.33 bits per heavy atom. The Morgan fingerprint density at radius 1 is 1.22 bits per heavy atom. The van der Waals surface area contributed by atoms with Crippen LogP contribution in [0.25, 0.3) is 0 Å². The largest absolute Gasteiger partial charge is 0.314 e. The van der Waals surface area contributed by atoms with Gasteiger partial charge >= 0.3 is 0 Å². The Balaban J connectivity index is 2.21. The summed E-state index contributed by atoms with van der Waals surface area (Å²) in [7, 11) is 0. The number of benzene rings is 1. The lowest BCUT2D eigenvalue weighted by atomic mass is 9.91. The van der Waals surface area contributed by atoms with E-state index >= 15 is 0 Å². The average Bonchev–Trinajstić information content (AvgIpc) is 2.28. The van der Waals surface area contributed by atoms with Gasteiger partial charge in [-0.3, -0.25) is 4.90 Å². The quantitative estimate of drug-likeness (QED) is 0.830. The van der Waals surface area contributed by atoms with Gasteiger partial charge in [0.15, 0.2) is 0 Å².